The molecule has 1 unspecified atom stereocenters. The zero-order valence-electron chi connectivity index (χ0n) is 12.6. The first-order valence-corrected chi connectivity index (χ1v) is 8.17. The predicted molar refractivity (Wildman–Crippen MR) is 83.2 cm³/mol. The van der Waals surface area contributed by atoms with E-state index in [9.17, 15) is 0 Å². The lowest BCUT2D eigenvalue weighted by Gasteiger charge is -2.38. The molecule has 0 aromatic carbocycles. The van der Waals surface area contributed by atoms with Crippen molar-refractivity contribution >= 4 is 15.9 Å². The van der Waals surface area contributed by atoms with Crippen LogP contribution in [0.15, 0.2) is 4.47 Å². The van der Waals surface area contributed by atoms with Crippen LogP contribution in [0.1, 0.15) is 58.3 Å². The maximum atomic E-state index is 6.75. The summed E-state index contributed by atoms with van der Waals surface area (Å²) < 4.78 is 3.29. The van der Waals surface area contributed by atoms with Gasteiger partial charge in [-0.15, -0.1) is 0 Å². The highest BCUT2D eigenvalue weighted by Gasteiger charge is 2.46. The van der Waals surface area contributed by atoms with Crippen molar-refractivity contribution in [1.82, 2.24) is 9.78 Å². The van der Waals surface area contributed by atoms with Crippen LogP contribution in [-0.2, 0) is 19.4 Å². The van der Waals surface area contributed by atoms with Crippen LogP contribution in [0, 0.1) is 5.41 Å². The normalized spacial score (nSPS) is 26.0. The number of aryl methyl sites for hydroxylation is 2. The Kier molecular flexibility index (Phi) is 4.12. The van der Waals surface area contributed by atoms with Gasteiger partial charge in [0.25, 0.3) is 0 Å². The molecule has 1 aliphatic carbocycles. The first kappa shape index (κ1) is 15.0. The fourth-order valence-electron chi connectivity index (χ4n) is 3.25. The van der Waals surface area contributed by atoms with Gasteiger partial charge in [-0.1, -0.05) is 27.2 Å². The minimum absolute atomic E-state index is 0.104. The van der Waals surface area contributed by atoms with E-state index in [1.807, 2.05) is 0 Å². The van der Waals surface area contributed by atoms with Gasteiger partial charge < -0.3 is 5.73 Å². The highest BCUT2D eigenvalue weighted by Crippen LogP contribution is 2.46. The Balaban J connectivity index is 2.35. The van der Waals surface area contributed by atoms with Crippen molar-refractivity contribution in [3.05, 3.63) is 15.9 Å². The van der Waals surface area contributed by atoms with E-state index >= 15 is 0 Å². The molecule has 2 N–H and O–H groups in total. The molecule has 0 saturated heterocycles. The molecule has 0 amide bonds. The Labute approximate surface area is 125 Å². The molecule has 1 aromatic heterocycles. The molecular weight excluding hydrogens is 302 g/mol. The van der Waals surface area contributed by atoms with Crippen molar-refractivity contribution in [1.29, 1.82) is 0 Å². The van der Waals surface area contributed by atoms with E-state index in [1.54, 1.807) is 0 Å². The van der Waals surface area contributed by atoms with E-state index in [1.165, 1.54) is 23.0 Å². The van der Waals surface area contributed by atoms with Gasteiger partial charge in [0.2, 0.25) is 0 Å². The molecule has 19 heavy (non-hydrogen) atoms. The van der Waals surface area contributed by atoms with Crippen LogP contribution in [0.4, 0.5) is 0 Å². The van der Waals surface area contributed by atoms with Crippen molar-refractivity contribution in [2.75, 3.05) is 0 Å². The van der Waals surface area contributed by atoms with E-state index < -0.39 is 0 Å². The molecule has 1 heterocycles. The summed E-state index contributed by atoms with van der Waals surface area (Å²) in [5, 5.41) is 4.68. The molecule has 4 heteroatoms. The van der Waals surface area contributed by atoms with Gasteiger partial charge in [-0.3, -0.25) is 4.68 Å². The topological polar surface area (TPSA) is 43.8 Å². The second-order valence-corrected chi connectivity index (χ2v) is 7.24. The second-order valence-electron chi connectivity index (χ2n) is 6.45. The number of nitrogens with zero attached hydrogens (tertiary/aromatic N) is 2. The summed E-state index contributed by atoms with van der Waals surface area (Å²) in [4.78, 5) is 0. The highest BCUT2D eigenvalue weighted by molar-refractivity contribution is 9.10. The van der Waals surface area contributed by atoms with Gasteiger partial charge in [-0.2, -0.15) is 5.10 Å². The Morgan fingerprint density at radius 3 is 2.47 bits per heavy atom. The number of nitrogens with two attached hydrogens (primary N) is 1. The third kappa shape index (κ3) is 2.49. The summed E-state index contributed by atoms with van der Waals surface area (Å²) in [7, 11) is 0. The van der Waals surface area contributed by atoms with Crippen molar-refractivity contribution in [3.8, 4) is 0 Å². The number of rotatable bonds is 4. The van der Waals surface area contributed by atoms with Crippen molar-refractivity contribution in [2.45, 2.75) is 71.9 Å². The average Bonchev–Trinajstić information content (AvgIpc) is 2.79. The first-order chi connectivity index (χ1) is 8.84. The number of halogens is 1. The third-order valence-electron chi connectivity index (χ3n) is 4.95. The average molecular weight is 328 g/mol. The predicted octanol–water partition coefficient (Wildman–Crippen LogP) is 3.68. The van der Waals surface area contributed by atoms with Gasteiger partial charge in [-0.25, -0.2) is 0 Å². The zero-order valence-corrected chi connectivity index (χ0v) is 14.2. The van der Waals surface area contributed by atoms with E-state index in [-0.39, 0.29) is 11.0 Å². The molecule has 108 valence electrons. The quantitative estimate of drug-likeness (QED) is 0.916. The van der Waals surface area contributed by atoms with Gasteiger partial charge >= 0.3 is 0 Å². The van der Waals surface area contributed by atoms with Crippen LogP contribution in [0.3, 0.4) is 0 Å². The summed E-state index contributed by atoms with van der Waals surface area (Å²) in [6, 6.07) is 0. The molecule has 1 fully saturated rings. The number of hydrogen-bond donors (Lipinski definition) is 1. The van der Waals surface area contributed by atoms with Crippen LogP contribution in [0.25, 0.3) is 0 Å². The smallest absolute Gasteiger partial charge is 0.0766 e. The maximum Gasteiger partial charge on any atom is 0.0766 e. The maximum absolute atomic E-state index is 6.75. The zero-order chi connectivity index (χ0) is 14.3. The van der Waals surface area contributed by atoms with Crippen molar-refractivity contribution in [3.63, 3.8) is 0 Å². The standard InChI is InChI=1S/C15H26BrN3/c1-5-11-13(16)12(19(6-2)18-11)10-15(17)9-7-8-14(15,3)4/h5-10,17H2,1-4H3. The van der Waals surface area contributed by atoms with Gasteiger partial charge in [0.1, 0.15) is 0 Å². The summed E-state index contributed by atoms with van der Waals surface area (Å²) >= 11 is 3.73. The Morgan fingerprint density at radius 2 is 2.00 bits per heavy atom. The third-order valence-corrected chi connectivity index (χ3v) is 5.86. The van der Waals surface area contributed by atoms with Crippen molar-refractivity contribution in [2.24, 2.45) is 11.1 Å². The van der Waals surface area contributed by atoms with Crippen LogP contribution in [-0.4, -0.2) is 15.3 Å². The number of hydrogen-bond acceptors (Lipinski definition) is 2. The van der Waals surface area contributed by atoms with Gasteiger partial charge in [-0.05, 0) is 47.5 Å². The van der Waals surface area contributed by atoms with E-state index in [4.69, 9.17) is 5.73 Å². The van der Waals surface area contributed by atoms with Crippen LogP contribution in [0.5, 0.6) is 0 Å². The molecule has 1 aromatic rings. The summed E-state index contributed by atoms with van der Waals surface area (Å²) in [6.45, 7) is 9.81. The highest BCUT2D eigenvalue weighted by atomic mass is 79.9. The summed E-state index contributed by atoms with van der Waals surface area (Å²) in [5.74, 6) is 0. The molecule has 2 rings (SSSR count). The minimum Gasteiger partial charge on any atom is -0.324 e. The van der Waals surface area contributed by atoms with Crippen LogP contribution >= 0.6 is 15.9 Å². The van der Waals surface area contributed by atoms with Gasteiger partial charge in [0.05, 0.1) is 15.9 Å². The minimum atomic E-state index is -0.104. The lowest BCUT2D eigenvalue weighted by molar-refractivity contribution is 0.203. The SMILES string of the molecule is CCc1nn(CC)c(CC2(N)CCCC2(C)C)c1Br. The Bertz CT molecular complexity index is 464. The molecule has 0 spiro atoms. The Hall–Kier alpha value is -0.350. The van der Waals surface area contributed by atoms with E-state index in [2.05, 4.69) is 53.4 Å². The molecule has 0 bridgehead atoms. The molecule has 1 saturated carbocycles. The largest absolute Gasteiger partial charge is 0.324 e. The van der Waals surface area contributed by atoms with Crippen molar-refractivity contribution < 1.29 is 0 Å². The van der Waals surface area contributed by atoms with Crippen LogP contribution < -0.4 is 5.73 Å². The molecule has 0 aliphatic heterocycles. The summed E-state index contributed by atoms with van der Waals surface area (Å²) in [5.41, 5.74) is 9.28. The second kappa shape index (κ2) is 5.21. The molecular formula is C15H26BrN3. The van der Waals surface area contributed by atoms with Crippen LogP contribution in [0.2, 0.25) is 0 Å². The first-order valence-electron chi connectivity index (χ1n) is 7.37. The monoisotopic (exact) mass is 327 g/mol. The molecule has 3 nitrogen and oxygen atoms in total. The fourth-order valence-corrected chi connectivity index (χ4v) is 3.95. The summed E-state index contributed by atoms with van der Waals surface area (Å²) in [6.07, 6.45) is 5.45. The lowest BCUT2D eigenvalue weighted by Crippen LogP contribution is -2.51. The van der Waals surface area contributed by atoms with Gasteiger partial charge in [0, 0.05) is 18.5 Å². The Morgan fingerprint density at radius 1 is 1.32 bits per heavy atom. The van der Waals surface area contributed by atoms with E-state index in [0.29, 0.717) is 0 Å². The lowest BCUT2D eigenvalue weighted by atomic mass is 9.73. The molecule has 1 aliphatic rings. The van der Waals surface area contributed by atoms with Gasteiger partial charge in [0.15, 0.2) is 0 Å². The fraction of sp³-hybridized carbons (Fsp3) is 0.800. The van der Waals surface area contributed by atoms with E-state index in [0.717, 1.165) is 31.5 Å². The molecule has 1 atom stereocenters. The number of aromatic nitrogens is 2. The molecule has 0 radical (unpaired) electrons.